The van der Waals surface area contributed by atoms with Crippen LogP contribution >= 0.6 is 0 Å². The zero-order chi connectivity index (χ0) is 15.1. The van der Waals surface area contributed by atoms with Gasteiger partial charge in [-0.1, -0.05) is 43.5 Å². The fourth-order valence-electron chi connectivity index (χ4n) is 1.55. The Labute approximate surface area is 128 Å². The molecule has 0 amide bonds. The molecule has 0 fully saturated rings. The van der Waals surface area contributed by atoms with E-state index in [-0.39, 0.29) is 18.0 Å². The third-order valence-corrected chi connectivity index (χ3v) is 2.56. The lowest BCUT2D eigenvalue weighted by molar-refractivity contribution is -0.895. The van der Waals surface area contributed by atoms with E-state index < -0.39 is 5.97 Å². The first-order chi connectivity index (χ1) is 8.70. The van der Waals surface area contributed by atoms with Gasteiger partial charge in [0, 0.05) is 11.1 Å². The summed E-state index contributed by atoms with van der Waals surface area (Å²) in [5, 5.41) is 7.89. The molecular weight excluding hydrogens is 274 g/mol. The predicted octanol–water partition coefficient (Wildman–Crippen LogP) is 0.271. The monoisotopic (exact) mass is 297 g/mol. The summed E-state index contributed by atoms with van der Waals surface area (Å²) in [6, 6.07) is 10.9. The Hall–Kier alpha value is -1.58. The van der Waals surface area contributed by atoms with Gasteiger partial charge in [0.05, 0.1) is 21.1 Å². The van der Waals surface area contributed by atoms with Crippen LogP contribution in [0, 0.1) is 0 Å². The lowest BCUT2D eigenvalue weighted by Gasteiger charge is -2.32. The Morgan fingerprint density at radius 3 is 1.90 bits per heavy atom. The van der Waals surface area contributed by atoms with E-state index in [9.17, 15) is 4.79 Å². The van der Waals surface area contributed by atoms with E-state index in [0.717, 1.165) is 4.48 Å². The number of quaternary nitrogens is 1. The Morgan fingerprint density at radius 1 is 1.25 bits per heavy atom. The van der Waals surface area contributed by atoms with E-state index in [1.165, 1.54) is 12.5 Å². The van der Waals surface area contributed by atoms with Gasteiger partial charge < -0.3 is 22.0 Å². The molecule has 1 unspecified atom stereocenters. The van der Waals surface area contributed by atoms with Crippen molar-refractivity contribution in [2.24, 2.45) is 0 Å². The van der Waals surface area contributed by atoms with Crippen LogP contribution < -0.4 is 12.4 Å². The Morgan fingerprint density at radius 2 is 1.65 bits per heavy atom. The molecule has 0 spiro atoms. The van der Waals surface area contributed by atoms with Crippen molar-refractivity contribution in [3.05, 3.63) is 60.7 Å². The van der Waals surface area contributed by atoms with Crippen LogP contribution in [-0.2, 0) is 4.79 Å². The molecule has 3 nitrogen and oxygen atoms in total. The lowest BCUT2D eigenvalue weighted by Crippen LogP contribution is -3.00. The Bertz CT molecular complexity index is 424. The van der Waals surface area contributed by atoms with Crippen molar-refractivity contribution in [2.45, 2.75) is 13.0 Å². The maximum Gasteiger partial charge on any atom is 0.330 e. The summed E-state index contributed by atoms with van der Waals surface area (Å²) in [4.78, 5) is 9.60. The minimum atomic E-state index is -0.935. The molecule has 20 heavy (non-hydrogen) atoms. The second kappa shape index (κ2) is 9.34. The van der Waals surface area contributed by atoms with Crippen molar-refractivity contribution in [2.75, 3.05) is 21.1 Å². The first-order valence-corrected chi connectivity index (χ1v) is 6.07. The average Bonchev–Trinajstić information content (AvgIpc) is 2.30. The molecule has 0 heterocycles. The van der Waals surface area contributed by atoms with Crippen molar-refractivity contribution in [1.29, 1.82) is 0 Å². The van der Waals surface area contributed by atoms with Crippen LogP contribution in [0.5, 0.6) is 0 Å². The van der Waals surface area contributed by atoms with Crippen molar-refractivity contribution in [1.82, 2.24) is 0 Å². The van der Waals surface area contributed by atoms with Gasteiger partial charge in [0.1, 0.15) is 6.04 Å². The van der Waals surface area contributed by atoms with Gasteiger partial charge >= 0.3 is 5.97 Å². The molecule has 0 aromatic heterocycles. The first-order valence-electron chi connectivity index (χ1n) is 6.07. The quantitative estimate of drug-likeness (QED) is 0.492. The highest BCUT2D eigenvalue weighted by Crippen LogP contribution is 2.23. The van der Waals surface area contributed by atoms with Crippen LogP contribution in [-0.4, -0.2) is 36.7 Å². The molecule has 1 aromatic rings. The van der Waals surface area contributed by atoms with Crippen molar-refractivity contribution >= 4 is 5.97 Å². The minimum Gasteiger partial charge on any atom is -1.00 e. The molecule has 1 atom stereocenters. The van der Waals surface area contributed by atoms with Gasteiger partial charge in [-0.3, -0.25) is 0 Å². The first kappa shape index (κ1) is 20.7. The largest absolute Gasteiger partial charge is 1.00 e. The summed E-state index contributed by atoms with van der Waals surface area (Å²) in [7, 11) is 6.54. The number of hydrogen-bond acceptors (Lipinski definition) is 1. The zero-order valence-electron chi connectivity index (χ0n) is 12.6. The molecule has 4 heteroatoms. The number of carbonyl (C=O) groups is 1. The molecule has 112 valence electrons. The highest BCUT2D eigenvalue weighted by molar-refractivity contribution is 5.84. The van der Waals surface area contributed by atoms with Gasteiger partial charge in [0.25, 0.3) is 0 Å². The Kier molecular flexibility index (Phi) is 9.69. The lowest BCUT2D eigenvalue weighted by atomic mass is 10.1. The molecule has 0 saturated carbocycles. The SMILES string of the molecule is C=C(C)C(=O)O.C=CC(c1ccccc1)[N+](C)(C)C.[Cl-]. The fraction of sp³-hybridized carbons (Fsp3) is 0.312. The molecule has 1 rings (SSSR count). The van der Waals surface area contributed by atoms with Gasteiger partial charge in [-0.25, -0.2) is 4.79 Å². The summed E-state index contributed by atoms with van der Waals surface area (Å²) in [5.41, 5.74) is 1.50. The topological polar surface area (TPSA) is 37.3 Å². The van der Waals surface area contributed by atoms with Crippen LogP contribution in [0.4, 0.5) is 0 Å². The van der Waals surface area contributed by atoms with E-state index in [0.29, 0.717) is 6.04 Å². The molecule has 1 N–H and O–H groups in total. The van der Waals surface area contributed by atoms with E-state index in [2.05, 4.69) is 58.6 Å². The molecule has 0 bridgehead atoms. The van der Waals surface area contributed by atoms with Crippen LogP contribution in [0.3, 0.4) is 0 Å². The molecule has 0 radical (unpaired) electrons. The maximum atomic E-state index is 9.60. The number of aliphatic carboxylic acids is 1. The number of likely N-dealkylation sites (N-methyl/N-ethyl adjacent to an activating group) is 1. The van der Waals surface area contributed by atoms with E-state index in [1.54, 1.807) is 0 Å². The number of rotatable bonds is 4. The second-order valence-electron chi connectivity index (χ2n) is 5.29. The number of benzene rings is 1. The van der Waals surface area contributed by atoms with Gasteiger partial charge in [-0.15, -0.1) is 0 Å². The number of carboxylic acid groups (broad SMARTS) is 1. The number of hydrogen-bond donors (Lipinski definition) is 1. The average molecular weight is 298 g/mol. The van der Waals surface area contributed by atoms with Crippen molar-refractivity contribution < 1.29 is 26.8 Å². The van der Waals surface area contributed by atoms with Gasteiger partial charge in [-0.2, -0.15) is 0 Å². The molecule has 0 aliphatic heterocycles. The molecule has 0 saturated heterocycles. The van der Waals surface area contributed by atoms with E-state index >= 15 is 0 Å². The summed E-state index contributed by atoms with van der Waals surface area (Å²) in [6.45, 7) is 8.49. The third-order valence-electron chi connectivity index (χ3n) is 2.56. The van der Waals surface area contributed by atoms with Crippen molar-refractivity contribution in [3.63, 3.8) is 0 Å². The predicted molar refractivity (Wildman–Crippen MR) is 79.9 cm³/mol. The highest BCUT2D eigenvalue weighted by atomic mass is 35.5. The smallest absolute Gasteiger partial charge is 0.330 e. The van der Waals surface area contributed by atoms with Crippen LogP contribution in [0.1, 0.15) is 18.5 Å². The normalized spacial score (nSPS) is 11.2. The summed E-state index contributed by atoms with van der Waals surface area (Å²) >= 11 is 0. The fourth-order valence-corrected chi connectivity index (χ4v) is 1.55. The maximum absolute atomic E-state index is 9.60. The molecule has 0 aliphatic rings. The summed E-state index contributed by atoms with van der Waals surface area (Å²) < 4.78 is 0.882. The number of halogens is 1. The number of nitrogens with zero attached hydrogens (tertiary/aromatic N) is 1. The van der Waals surface area contributed by atoms with Gasteiger partial charge in [0.15, 0.2) is 0 Å². The number of carboxylic acids is 1. The van der Waals surface area contributed by atoms with Gasteiger partial charge in [0.2, 0.25) is 0 Å². The minimum absolute atomic E-state index is 0. The summed E-state index contributed by atoms with van der Waals surface area (Å²) in [5.74, 6) is -0.935. The van der Waals surface area contributed by atoms with Crippen LogP contribution in [0.25, 0.3) is 0 Å². The van der Waals surface area contributed by atoms with Crippen LogP contribution in [0.15, 0.2) is 55.1 Å². The Balaban J connectivity index is 0. The van der Waals surface area contributed by atoms with E-state index in [4.69, 9.17) is 5.11 Å². The molecular formula is C16H24ClNO2. The summed E-state index contributed by atoms with van der Waals surface area (Å²) in [6.07, 6.45) is 2.01. The van der Waals surface area contributed by atoms with Gasteiger partial charge in [-0.05, 0) is 13.0 Å². The highest BCUT2D eigenvalue weighted by Gasteiger charge is 2.21. The van der Waals surface area contributed by atoms with E-state index in [1.807, 2.05) is 12.1 Å². The van der Waals surface area contributed by atoms with Crippen molar-refractivity contribution in [3.8, 4) is 0 Å². The zero-order valence-corrected chi connectivity index (χ0v) is 13.4. The van der Waals surface area contributed by atoms with Crippen LogP contribution in [0.2, 0.25) is 0 Å². The molecule has 0 aliphatic carbocycles. The standard InChI is InChI=1S/C12H18N.C4H6O2.ClH/c1-5-12(13(2,3)4)11-9-7-6-8-10-11;1-3(2)4(5)6;/h5-10,12H,1H2,2-4H3;1H2,2H3,(H,5,6);1H/q+1;;/p-1. The molecule has 1 aromatic carbocycles. The third kappa shape index (κ3) is 7.77. The second-order valence-corrected chi connectivity index (χ2v) is 5.29.